The smallest absolute Gasteiger partial charge is 0.251 e. The van der Waals surface area contributed by atoms with Crippen molar-refractivity contribution in [3.63, 3.8) is 0 Å². The molecule has 0 unspecified atom stereocenters. The van der Waals surface area contributed by atoms with E-state index in [4.69, 9.17) is 0 Å². The molecule has 3 heterocycles. The first-order valence-electron chi connectivity index (χ1n) is 8.77. The first-order chi connectivity index (χ1) is 13.2. The van der Waals surface area contributed by atoms with Gasteiger partial charge in [0.15, 0.2) is 0 Å². The van der Waals surface area contributed by atoms with Gasteiger partial charge in [-0.1, -0.05) is 24.3 Å². The molecule has 7 heteroatoms. The second-order valence-corrected chi connectivity index (χ2v) is 6.47. The number of amides is 1. The molecule has 0 saturated carbocycles. The number of aromatic nitrogens is 3. The largest absolute Gasteiger partial charge is 0.354 e. The normalized spacial score (nSPS) is 14.7. The molecule has 1 aliphatic heterocycles. The third-order valence-electron chi connectivity index (χ3n) is 4.47. The summed E-state index contributed by atoms with van der Waals surface area (Å²) in [5.74, 6) is 0.589. The highest BCUT2D eigenvalue weighted by molar-refractivity contribution is 5.78. The van der Waals surface area contributed by atoms with Crippen molar-refractivity contribution in [2.75, 3.05) is 19.6 Å². The van der Waals surface area contributed by atoms with E-state index in [1.165, 1.54) is 6.07 Å². The first kappa shape index (κ1) is 17.1. The van der Waals surface area contributed by atoms with E-state index in [9.17, 15) is 9.59 Å². The average Bonchev–Trinajstić information content (AvgIpc) is 2.69. The van der Waals surface area contributed by atoms with E-state index < -0.39 is 0 Å². The molecule has 0 spiro atoms. The number of aromatic amines is 1. The van der Waals surface area contributed by atoms with E-state index in [0.29, 0.717) is 31.2 Å². The number of nitrogens with zero attached hydrogens (tertiary/aromatic N) is 3. The number of hydrogen-bond acceptors (Lipinski definition) is 5. The molecular formula is C20H19N5O2. The summed E-state index contributed by atoms with van der Waals surface area (Å²) in [5, 5.41) is 2.83. The zero-order chi connectivity index (χ0) is 18.6. The lowest BCUT2D eigenvalue weighted by molar-refractivity contribution is -0.124. The minimum absolute atomic E-state index is 0.0626. The van der Waals surface area contributed by atoms with Crippen molar-refractivity contribution in [3.8, 4) is 22.6 Å². The molecule has 1 fully saturated rings. The zero-order valence-electron chi connectivity index (χ0n) is 14.7. The summed E-state index contributed by atoms with van der Waals surface area (Å²) >= 11 is 0. The summed E-state index contributed by atoms with van der Waals surface area (Å²) < 4.78 is 0. The predicted octanol–water partition coefficient (Wildman–Crippen LogP) is 1.43. The number of hydrogen-bond donors (Lipinski definition) is 2. The van der Waals surface area contributed by atoms with E-state index in [1.54, 1.807) is 12.4 Å². The van der Waals surface area contributed by atoms with Gasteiger partial charge in [-0.05, 0) is 17.7 Å². The van der Waals surface area contributed by atoms with Crippen LogP contribution in [0.2, 0.25) is 0 Å². The zero-order valence-corrected chi connectivity index (χ0v) is 14.7. The first-order valence-corrected chi connectivity index (χ1v) is 8.77. The molecule has 7 nitrogen and oxygen atoms in total. The Morgan fingerprint density at radius 3 is 2.52 bits per heavy atom. The van der Waals surface area contributed by atoms with Crippen molar-refractivity contribution in [3.05, 3.63) is 70.8 Å². The molecule has 0 radical (unpaired) electrons. The van der Waals surface area contributed by atoms with E-state index in [-0.39, 0.29) is 11.5 Å². The van der Waals surface area contributed by atoms with Crippen LogP contribution in [-0.2, 0) is 11.3 Å². The molecule has 0 atom stereocenters. The molecule has 1 aliphatic rings. The van der Waals surface area contributed by atoms with Crippen LogP contribution in [0.25, 0.3) is 22.6 Å². The Kier molecular flexibility index (Phi) is 4.76. The molecule has 1 saturated heterocycles. The molecule has 2 N–H and O–H groups in total. The minimum atomic E-state index is -0.199. The van der Waals surface area contributed by atoms with Gasteiger partial charge in [0, 0.05) is 49.2 Å². The highest BCUT2D eigenvalue weighted by atomic mass is 16.2. The lowest BCUT2D eigenvalue weighted by atomic mass is 10.1. The van der Waals surface area contributed by atoms with Gasteiger partial charge in [0.1, 0.15) is 5.82 Å². The van der Waals surface area contributed by atoms with Crippen LogP contribution in [0.15, 0.2) is 59.7 Å². The van der Waals surface area contributed by atoms with Crippen LogP contribution in [0, 0.1) is 0 Å². The van der Waals surface area contributed by atoms with Gasteiger partial charge in [0.25, 0.3) is 5.56 Å². The maximum absolute atomic E-state index is 12.1. The molecule has 3 aromatic rings. The van der Waals surface area contributed by atoms with Crippen molar-refractivity contribution in [1.29, 1.82) is 0 Å². The predicted molar refractivity (Wildman–Crippen MR) is 102 cm³/mol. The summed E-state index contributed by atoms with van der Waals surface area (Å²) in [7, 11) is 0. The van der Waals surface area contributed by atoms with Gasteiger partial charge in [-0.2, -0.15) is 0 Å². The van der Waals surface area contributed by atoms with Crippen molar-refractivity contribution < 1.29 is 4.79 Å². The second kappa shape index (κ2) is 7.51. The fourth-order valence-corrected chi connectivity index (χ4v) is 3.12. The fourth-order valence-electron chi connectivity index (χ4n) is 3.12. The summed E-state index contributed by atoms with van der Waals surface area (Å²) in [4.78, 5) is 37.0. The fraction of sp³-hybridized carbons (Fsp3) is 0.200. The summed E-state index contributed by atoms with van der Waals surface area (Å²) in [6.07, 6.45) is 3.35. The molecule has 2 aromatic heterocycles. The van der Waals surface area contributed by atoms with E-state index >= 15 is 0 Å². The highest BCUT2D eigenvalue weighted by Crippen LogP contribution is 2.20. The lowest BCUT2D eigenvalue weighted by Crippen LogP contribution is -2.47. The van der Waals surface area contributed by atoms with E-state index in [0.717, 1.165) is 23.2 Å². The van der Waals surface area contributed by atoms with Crippen LogP contribution in [0.3, 0.4) is 0 Å². The number of piperazine rings is 1. The van der Waals surface area contributed by atoms with Crippen LogP contribution < -0.4 is 10.9 Å². The number of benzene rings is 1. The molecule has 0 aliphatic carbocycles. The highest BCUT2D eigenvalue weighted by Gasteiger charge is 2.16. The van der Waals surface area contributed by atoms with E-state index in [2.05, 4.69) is 25.2 Å². The van der Waals surface area contributed by atoms with Gasteiger partial charge in [-0.25, -0.2) is 4.98 Å². The number of rotatable bonds is 4. The molecule has 27 heavy (non-hydrogen) atoms. The monoisotopic (exact) mass is 361 g/mol. The second-order valence-electron chi connectivity index (χ2n) is 6.47. The van der Waals surface area contributed by atoms with Crippen molar-refractivity contribution in [2.24, 2.45) is 0 Å². The van der Waals surface area contributed by atoms with Crippen molar-refractivity contribution >= 4 is 5.91 Å². The maximum atomic E-state index is 12.1. The summed E-state index contributed by atoms with van der Waals surface area (Å²) in [5.41, 5.74) is 3.20. The minimum Gasteiger partial charge on any atom is -0.354 e. The topological polar surface area (TPSA) is 91.0 Å². The van der Waals surface area contributed by atoms with Gasteiger partial charge in [-0.3, -0.25) is 19.5 Å². The lowest BCUT2D eigenvalue weighted by Gasteiger charge is -2.26. The summed E-state index contributed by atoms with van der Waals surface area (Å²) in [6.45, 7) is 2.67. The Morgan fingerprint density at radius 2 is 1.78 bits per heavy atom. The Bertz CT molecular complexity index is 999. The van der Waals surface area contributed by atoms with Crippen LogP contribution in [0.4, 0.5) is 0 Å². The number of pyridine rings is 1. The molecule has 4 rings (SSSR count). The van der Waals surface area contributed by atoms with Crippen LogP contribution in [0.1, 0.15) is 5.56 Å². The van der Waals surface area contributed by atoms with Crippen LogP contribution >= 0.6 is 0 Å². The van der Waals surface area contributed by atoms with E-state index in [1.807, 2.05) is 36.4 Å². The van der Waals surface area contributed by atoms with Gasteiger partial charge < -0.3 is 10.3 Å². The Labute approximate surface area is 156 Å². The number of carbonyl (C=O) groups is 1. The maximum Gasteiger partial charge on any atom is 0.251 e. The Hall–Kier alpha value is -3.32. The van der Waals surface area contributed by atoms with Gasteiger partial charge in [0.05, 0.1) is 12.2 Å². The molecular weight excluding hydrogens is 342 g/mol. The Morgan fingerprint density at radius 1 is 1.00 bits per heavy atom. The number of H-pyrrole nitrogens is 1. The third kappa shape index (κ3) is 4.09. The van der Waals surface area contributed by atoms with Crippen molar-refractivity contribution in [1.82, 2.24) is 25.2 Å². The van der Waals surface area contributed by atoms with Crippen molar-refractivity contribution in [2.45, 2.75) is 6.54 Å². The standard InChI is InChI=1S/C20H19N5O2/c26-18-11-17(15-5-7-21-8-6-15)23-20(24-18)16-3-1-14(2-4-16)12-25-10-9-22-19(27)13-25/h1-8,11H,9-10,12-13H2,(H,22,27)(H,23,24,26). The molecule has 1 amide bonds. The number of carbonyl (C=O) groups excluding carboxylic acids is 1. The summed E-state index contributed by atoms with van der Waals surface area (Å²) in [6, 6.07) is 13.0. The Balaban J connectivity index is 1.56. The van der Waals surface area contributed by atoms with Gasteiger partial charge in [0.2, 0.25) is 5.91 Å². The van der Waals surface area contributed by atoms with Gasteiger partial charge in [-0.15, -0.1) is 0 Å². The molecule has 0 bridgehead atoms. The van der Waals surface area contributed by atoms with Gasteiger partial charge >= 0.3 is 0 Å². The SMILES string of the molecule is O=C1CN(Cc2ccc(-c3nc(-c4ccncc4)cc(=O)[nH]3)cc2)CCN1. The van der Waals surface area contributed by atoms with Crippen LogP contribution in [0.5, 0.6) is 0 Å². The van der Waals surface area contributed by atoms with Crippen LogP contribution in [-0.4, -0.2) is 45.4 Å². The molecule has 136 valence electrons. The third-order valence-corrected chi connectivity index (χ3v) is 4.47. The average molecular weight is 361 g/mol. The molecule has 1 aromatic carbocycles. The number of nitrogens with one attached hydrogen (secondary N) is 2. The quantitative estimate of drug-likeness (QED) is 0.734.